The highest BCUT2D eigenvalue weighted by molar-refractivity contribution is 6.14. The summed E-state index contributed by atoms with van der Waals surface area (Å²) in [5.74, 6) is -1.28. The van der Waals surface area contributed by atoms with Crippen molar-refractivity contribution in [2.45, 2.75) is 44.8 Å². The quantitative estimate of drug-likeness (QED) is 0.254. The molecule has 4 amide bonds. The summed E-state index contributed by atoms with van der Waals surface area (Å²) in [6, 6.07) is 0. The van der Waals surface area contributed by atoms with Crippen molar-refractivity contribution < 1.29 is 47.7 Å². The Kier molecular flexibility index (Phi) is 12.9. The molecular weight excluding hydrogens is 512 g/mol. The van der Waals surface area contributed by atoms with Crippen LogP contribution in [-0.4, -0.2) is 113 Å². The van der Waals surface area contributed by atoms with Gasteiger partial charge in [-0.25, -0.2) is 0 Å². The predicted molar refractivity (Wildman–Crippen MR) is 138 cm³/mol. The van der Waals surface area contributed by atoms with Crippen LogP contribution in [0.4, 0.5) is 0 Å². The molecule has 39 heavy (non-hydrogen) atoms. The van der Waals surface area contributed by atoms with Crippen LogP contribution >= 0.6 is 0 Å². The van der Waals surface area contributed by atoms with Crippen LogP contribution in [0.15, 0.2) is 24.3 Å². The highest BCUT2D eigenvalue weighted by Gasteiger charge is 2.43. The molecule has 2 saturated heterocycles. The van der Waals surface area contributed by atoms with Crippen LogP contribution in [0.25, 0.3) is 0 Å². The van der Waals surface area contributed by atoms with Gasteiger partial charge in [-0.05, 0) is 31.6 Å². The number of epoxide rings is 1. The van der Waals surface area contributed by atoms with Crippen LogP contribution in [0, 0.1) is 11.3 Å². The van der Waals surface area contributed by atoms with E-state index in [0.717, 1.165) is 54.3 Å². The van der Waals surface area contributed by atoms with Gasteiger partial charge in [-0.15, -0.1) is 0 Å². The van der Waals surface area contributed by atoms with Crippen molar-refractivity contribution in [1.29, 1.82) is 0 Å². The van der Waals surface area contributed by atoms with Gasteiger partial charge < -0.3 is 23.7 Å². The van der Waals surface area contributed by atoms with Gasteiger partial charge >= 0.3 is 5.97 Å². The Balaban J connectivity index is 0.000000184. The van der Waals surface area contributed by atoms with E-state index in [0.29, 0.717) is 17.6 Å². The summed E-state index contributed by atoms with van der Waals surface area (Å²) in [6.45, 7) is 5.41. The smallest absolute Gasteiger partial charge is 0.325 e. The lowest BCUT2D eigenvalue weighted by Crippen LogP contribution is -2.45. The largest absolute Gasteiger partial charge is 0.468 e. The van der Waals surface area contributed by atoms with Crippen LogP contribution in [0.5, 0.6) is 0 Å². The van der Waals surface area contributed by atoms with Crippen molar-refractivity contribution in [2.24, 2.45) is 11.3 Å². The van der Waals surface area contributed by atoms with Crippen molar-refractivity contribution in [3.63, 3.8) is 0 Å². The molecule has 4 heterocycles. The predicted octanol–water partition coefficient (Wildman–Crippen LogP) is 0.885. The lowest BCUT2D eigenvalue weighted by atomic mass is 9.84. The van der Waals surface area contributed by atoms with Gasteiger partial charge in [0.2, 0.25) is 0 Å². The zero-order valence-corrected chi connectivity index (χ0v) is 23.4. The van der Waals surface area contributed by atoms with Gasteiger partial charge in [0.1, 0.15) is 6.54 Å². The van der Waals surface area contributed by atoms with E-state index in [1.165, 1.54) is 52.0 Å². The van der Waals surface area contributed by atoms with Crippen LogP contribution < -0.4 is 0 Å². The van der Waals surface area contributed by atoms with Crippen molar-refractivity contribution in [3.8, 4) is 0 Å². The van der Waals surface area contributed by atoms with Crippen molar-refractivity contribution in [2.75, 3.05) is 61.3 Å². The second-order valence-electron chi connectivity index (χ2n) is 9.87. The number of carbonyl (C=O) groups is 5. The molecular formula is C27H40N2O10. The fourth-order valence-corrected chi connectivity index (χ4v) is 4.22. The fourth-order valence-electron chi connectivity index (χ4n) is 4.22. The Labute approximate surface area is 229 Å². The highest BCUT2D eigenvalue weighted by Crippen LogP contribution is 2.39. The molecule has 3 atom stereocenters. The normalized spacial score (nSPS) is 25.4. The average molecular weight is 553 g/mol. The number of esters is 1. The molecule has 4 aliphatic heterocycles. The number of hydrogen-bond donors (Lipinski definition) is 0. The van der Waals surface area contributed by atoms with E-state index in [4.69, 9.17) is 18.9 Å². The first kappa shape index (κ1) is 32.3. The summed E-state index contributed by atoms with van der Waals surface area (Å²) in [5.41, 5.74) is 0.370. The number of likely N-dealkylation sites (N-methyl/N-ethyl adjacent to an activating group) is 1. The summed E-state index contributed by atoms with van der Waals surface area (Å²) in [7, 11) is 6.17. The maximum absolute atomic E-state index is 10.8. The Hall–Kier alpha value is -2.93. The third-order valence-corrected chi connectivity index (χ3v) is 6.98. The Bertz CT molecular complexity index is 901. The number of nitrogens with zero attached hydrogens (tertiary/aromatic N) is 2. The molecule has 0 bridgehead atoms. The lowest BCUT2D eigenvalue weighted by Gasteiger charge is -2.39. The minimum atomic E-state index is -0.611. The molecule has 0 radical (unpaired) electrons. The van der Waals surface area contributed by atoms with Crippen molar-refractivity contribution in [1.82, 2.24) is 9.80 Å². The van der Waals surface area contributed by atoms with E-state index in [-0.39, 0.29) is 18.4 Å². The molecule has 0 N–H and O–H groups in total. The molecule has 218 valence electrons. The van der Waals surface area contributed by atoms with Gasteiger partial charge in [0, 0.05) is 57.6 Å². The first-order valence-electron chi connectivity index (χ1n) is 12.9. The number of rotatable bonds is 7. The molecule has 5 aliphatic rings. The maximum atomic E-state index is 10.8. The molecule has 12 nitrogen and oxygen atoms in total. The van der Waals surface area contributed by atoms with Crippen LogP contribution in [0.3, 0.4) is 0 Å². The molecule has 1 saturated carbocycles. The van der Waals surface area contributed by atoms with Gasteiger partial charge in [0.15, 0.2) is 0 Å². The summed E-state index contributed by atoms with van der Waals surface area (Å²) < 4.78 is 24.9. The van der Waals surface area contributed by atoms with Gasteiger partial charge in [-0.1, -0.05) is 6.92 Å². The summed E-state index contributed by atoms with van der Waals surface area (Å²) >= 11 is 0. The first-order valence-corrected chi connectivity index (χ1v) is 12.9. The van der Waals surface area contributed by atoms with E-state index < -0.39 is 17.8 Å². The topological polar surface area (TPSA) is 141 Å². The van der Waals surface area contributed by atoms with Crippen LogP contribution in [0.2, 0.25) is 0 Å². The number of ether oxygens (including phenoxy) is 5. The van der Waals surface area contributed by atoms with Gasteiger partial charge in [-0.2, -0.15) is 0 Å². The fraction of sp³-hybridized carbons (Fsp3) is 0.667. The van der Waals surface area contributed by atoms with Crippen LogP contribution in [0.1, 0.15) is 32.6 Å². The van der Waals surface area contributed by atoms with E-state index in [9.17, 15) is 24.0 Å². The van der Waals surface area contributed by atoms with Gasteiger partial charge in [0.25, 0.3) is 23.6 Å². The Morgan fingerprint density at radius 3 is 1.87 bits per heavy atom. The van der Waals surface area contributed by atoms with E-state index in [2.05, 4.69) is 11.7 Å². The second kappa shape index (κ2) is 15.6. The molecule has 12 heteroatoms. The number of imide groups is 2. The third kappa shape index (κ3) is 9.95. The monoisotopic (exact) mass is 552 g/mol. The van der Waals surface area contributed by atoms with E-state index in [1.54, 1.807) is 14.2 Å². The zero-order valence-electron chi connectivity index (χ0n) is 23.4. The summed E-state index contributed by atoms with van der Waals surface area (Å²) in [6.07, 6.45) is 10.9. The Morgan fingerprint density at radius 2 is 1.51 bits per heavy atom. The van der Waals surface area contributed by atoms with Crippen molar-refractivity contribution in [3.05, 3.63) is 24.3 Å². The van der Waals surface area contributed by atoms with E-state index >= 15 is 0 Å². The third-order valence-electron chi connectivity index (χ3n) is 6.98. The number of carbonyl (C=O) groups excluding carboxylic acids is 5. The highest BCUT2D eigenvalue weighted by atomic mass is 16.6. The molecule has 0 aromatic rings. The maximum Gasteiger partial charge on any atom is 0.325 e. The first-order chi connectivity index (χ1) is 18.6. The average Bonchev–Trinajstić information content (AvgIpc) is 3.55. The Morgan fingerprint density at radius 1 is 0.923 bits per heavy atom. The summed E-state index contributed by atoms with van der Waals surface area (Å²) in [5, 5.41) is 0. The summed E-state index contributed by atoms with van der Waals surface area (Å²) in [4.78, 5) is 55.0. The zero-order chi connectivity index (χ0) is 29.0. The number of amides is 4. The number of methoxy groups -OCH3 is 3. The number of fused-ring (bicyclic) bond motifs is 1. The molecule has 0 aromatic carbocycles. The van der Waals surface area contributed by atoms with Crippen LogP contribution in [-0.2, 0) is 47.7 Å². The SMILES string of the molecule is CCC1(COC)COC1.CN1C(=O)C=CC1=O.COC(=O)CN1C(=O)C=CC1=O.COCC1CCC2OC2C1. The second-order valence-corrected chi connectivity index (χ2v) is 9.87. The van der Waals surface area contributed by atoms with Crippen molar-refractivity contribution >= 4 is 29.6 Å². The minimum absolute atomic E-state index is 0.241. The van der Waals surface area contributed by atoms with E-state index in [1.807, 2.05) is 0 Å². The molecule has 5 rings (SSSR count). The molecule has 3 fully saturated rings. The minimum Gasteiger partial charge on any atom is -0.468 e. The molecule has 0 aromatic heterocycles. The standard InChI is InChI=1S/C8H14O2.C7H7NO4.C7H14O2.C5H5NO2/c1-9-5-6-2-3-7-8(4-6)10-7;1-12-7(11)4-8-5(9)2-3-6(8)10;1-3-7(4-8-2)5-9-6-7;1-6-4(7)2-3-5(6)8/h6-8H,2-5H2,1H3;2-3H,4H2,1H3;3-6H2,1-2H3;2-3H,1H3. The van der Waals surface area contributed by atoms with Gasteiger partial charge in [0.05, 0.1) is 39.1 Å². The lowest BCUT2D eigenvalue weighted by molar-refractivity contribution is -0.149. The molecule has 1 aliphatic carbocycles. The molecule has 3 unspecified atom stereocenters. The molecule has 0 spiro atoms. The number of hydrogen-bond acceptors (Lipinski definition) is 10. The van der Waals surface area contributed by atoms with Gasteiger partial charge in [-0.3, -0.25) is 33.8 Å².